The van der Waals surface area contributed by atoms with E-state index >= 15 is 0 Å². The molecule has 9 heteroatoms. The monoisotopic (exact) mass is 384 g/mol. The van der Waals surface area contributed by atoms with E-state index in [1.807, 2.05) is 0 Å². The van der Waals surface area contributed by atoms with Crippen LogP contribution >= 0.6 is 0 Å². The predicted octanol–water partition coefficient (Wildman–Crippen LogP) is 1.83. The van der Waals surface area contributed by atoms with Crippen LogP contribution in [0.4, 0.5) is 0 Å². The minimum atomic E-state index is -4.33. The molecule has 0 aliphatic heterocycles. The van der Waals surface area contributed by atoms with Crippen molar-refractivity contribution >= 4 is 26.2 Å². The molecule has 0 atom stereocenters. The first kappa shape index (κ1) is 18.9. The maximum atomic E-state index is 12.4. The minimum Gasteiger partial charge on any atom is -0.493 e. The Hall–Kier alpha value is -2.39. The van der Waals surface area contributed by atoms with Crippen molar-refractivity contribution in [3.05, 3.63) is 48.5 Å². The summed E-state index contributed by atoms with van der Waals surface area (Å²) in [6, 6.07) is 10.9. The minimum absolute atomic E-state index is 0.00559. The Labute approximate surface area is 146 Å². The first-order chi connectivity index (χ1) is 11.7. The van der Waals surface area contributed by atoms with Crippen molar-refractivity contribution in [2.24, 2.45) is 0 Å². The predicted molar refractivity (Wildman–Crippen MR) is 90.0 cm³/mol. The number of carbonyl (C=O) groups is 1. The fourth-order valence-corrected chi connectivity index (χ4v) is 4.48. The summed E-state index contributed by atoms with van der Waals surface area (Å²) >= 11 is 0. The fraction of sp³-hybridized carbons (Fsp3) is 0.188. The van der Waals surface area contributed by atoms with E-state index in [9.17, 15) is 21.6 Å². The number of ether oxygens (including phenoxy) is 1. The highest BCUT2D eigenvalue weighted by atomic mass is 32.2. The number of aldehydes is 1. The van der Waals surface area contributed by atoms with Gasteiger partial charge in [-0.15, -0.1) is 0 Å². The highest BCUT2D eigenvalue weighted by Gasteiger charge is 2.25. The highest BCUT2D eigenvalue weighted by molar-refractivity contribution is 7.92. The first-order valence-corrected chi connectivity index (χ1v) is 10.4. The van der Waals surface area contributed by atoms with Crippen LogP contribution in [0.3, 0.4) is 0 Å². The zero-order valence-corrected chi connectivity index (χ0v) is 14.9. The molecule has 0 fully saturated rings. The lowest BCUT2D eigenvalue weighted by Gasteiger charge is -2.11. The van der Waals surface area contributed by atoms with Gasteiger partial charge in [0.1, 0.15) is 22.7 Å². The maximum absolute atomic E-state index is 12.4. The van der Waals surface area contributed by atoms with Crippen molar-refractivity contribution < 1.29 is 30.6 Å². The topological polar surface area (TPSA) is 104 Å². The molecular weight excluding hydrogens is 368 g/mol. The van der Waals surface area contributed by atoms with Gasteiger partial charge in [-0.2, -0.15) is 8.42 Å². The number of hydrogen-bond donors (Lipinski definition) is 0. The van der Waals surface area contributed by atoms with Gasteiger partial charge in [-0.1, -0.05) is 12.1 Å². The van der Waals surface area contributed by atoms with E-state index in [2.05, 4.69) is 0 Å². The van der Waals surface area contributed by atoms with Crippen LogP contribution in [0.25, 0.3) is 0 Å². The van der Waals surface area contributed by atoms with Crippen molar-refractivity contribution in [2.45, 2.75) is 16.2 Å². The average Bonchev–Trinajstić information content (AvgIpc) is 2.56. The third kappa shape index (κ3) is 5.04. The average molecular weight is 384 g/mol. The smallest absolute Gasteiger partial charge is 0.340 e. The summed E-state index contributed by atoms with van der Waals surface area (Å²) in [5.41, 5.74) is 0. The first-order valence-electron chi connectivity index (χ1n) is 7.14. The zero-order chi connectivity index (χ0) is 18.5. The van der Waals surface area contributed by atoms with E-state index in [-0.39, 0.29) is 23.7 Å². The zero-order valence-electron chi connectivity index (χ0n) is 13.3. The molecule has 0 saturated carbocycles. The SMILES string of the molecule is CS(=O)(=O)c1ccccc1S(=O)(=O)Oc1ccc(OCCC=O)cc1. The third-order valence-electron chi connectivity index (χ3n) is 3.05. The summed E-state index contributed by atoms with van der Waals surface area (Å²) in [5, 5.41) is 0. The summed E-state index contributed by atoms with van der Waals surface area (Å²) in [6.07, 6.45) is 1.89. The molecule has 2 aromatic rings. The van der Waals surface area contributed by atoms with E-state index in [1.165, 1.54) is 48.5 Å². The van der Waals surface area contributed by atoms with Crippen LogP contribution in [0, 0.1) is 0 Å². The van der Waals surface area contributed by atoms with Crippen LogP contribution in [0.1, 0.15) is 6.42 Å². The second-order valence-corrected chi connectivity index (χ2v) is 8.53. The van der Waals surface area contributed by atoms with Crippen molar-refractivity contribution in [1.82, 2.24) is 0 Å². The molecule has 25 heavy (non-hydrogen) atoms. The highest BCUT2D eigenvalue weighted by Crippen LogP contribution is 2.25. The molecule has 0 spiro atoms. The Bertz CT molecular complexity index is 946. The lowest BCUT2D eigenvalue weighted by atomic mass is 10.3. The van der Waals surface area contributed by atoms with E-state index in [1.54, 1.807) is 0 Å². The molecule has 134 valence electrons. The maximum Gasteiger partial charge on any atom is 0.340 e. The molecule has 0 aliphatic carbocycles. The third-order valence-corrected chi connectivity index (χ3v) is 5.64. The van der Waals surface area contributed by atoms with Crippen LogP contribution in [0.5, 0.6) is 11.5 Å². The normalized spacial score (nSPS) is 11.7. The van der Waals surface area contributed by atoms with Crippen LogP contribution in [-0.2, 0) is 24.7 Å². The fourth-order valence-electron chi connectivity index (χ4n) is 1.95. The van der Waals surface area contributed by atoms with Gasteiger partial charge in [0, 0.05) is 12.7 Å². The number of sulfone groups is 1. The largest absolute Gasteiger partial charge is 0.493 e. The van der Waals surface area contributed by atoms with Gasteiger partial charge in [0.2, 0.25) is 0 Å². The molecule has 0 amide bonds. The summed E-state index contributed by atoms with van der Waals surface area (Å²) < 4.78 is 58.6. The van der Waals surface area contributed by atoms with Gasteiger partial charge in [0.15, 0.2) is 9.84 Å². The Morgan fingerprint density at radius 2 is 1.44 bits per heavy atom. The molecule has 0 aromatic heterocycles. The molecule has 0 heterocycles. The van der Waals surface area contributed by atoms with Crippen molar-refractivity contribution in [2.75, 3.05) is 12.9 Å². The summed E-state index contributed by atoms with van der Waals surface area (Å²) in [7, 11) is -8.06. The lowest BCUT2D eigenvalue weighted by molar-refractivity contribution is -0.108. The van der Waals surface area contributed by atoms with Crippen LogP contribution in [0.15, 0.2) is 58.3 Å². The second-order valence-electron chi connectivity index (χ2n) is 5.03. The van der Waals surface area contributed by atoms with E-state index < -0.39 is 24.9 Å². The molecule has 0 saturated heterocycles. The molecule has 0 aliphatic rings. The quantitative estimate of drug-likeness (QED) is 0.388. The van der Waals surface area contributed by atoms with E-state index in [0.29, 0.717) is 5.75 Å². The Balaban J connectivity index is 2.24. The molecular formula is C16H16O7S2. The number of rotatable bonds is 8. The number of hydrogen-bond acceptors (Lipinski definition) is 7. The second kappa shape index (κ2) is 7.66. The van der Waals surface area contributed by atoms with Gasteiger partial charge in [-0.05, 0) is 36.4 Å². The van der Waals surface area contributed by atoms with Gasteiger partial charge in [-0.3, -0.25) is 0 Å². The Morgan fingerprint density at radius 1 is 0.880 bits per heavy atom. The van der Waals surface area contributed by atoms with Gasteiger partial charge >= 0.3 is 10.1 Å². The Morgan fingerprint density at radius 3 is 2.00 bits per heavy atom. The van der Waals surface area contributed by atoms with Gasteiger partial charge in [-0.25, -0.2) is 8.42 Å². The van der Waals surface area contributed by atoms with Gasteiger partial charge in [0.05, 0.1) is 11.5 Å². The molecule has 7 nitrogen and oxygen atoms in total. The van der Waals surface area contributed by atoms with Gasteiger partial charge in [0.25, 0.3) is 0 Å². The molecule has 2 rings (SSSR count). The molecule has 0 N–H and O–H groups in total. The molecule has 0 radical (unpaired) electrons. The number of carbonyl (C=O) groups excluding carboxylic acids is 1. The van der Waals surface area contributed by atoms with Crippen molar-refractivity contribution in [3.63, 3.8) is 0 Å². The molecule has 0 unspecified atom stereocenters. The lowest BCUT2D eigenvalue weighted by Crippen LogP contribution is -2.14. The Kier molecular flexibility index (Phi) is 5.81. The summed E-state index contributed by atoms with van der Waals surface area (Å²) in [6.45, 7) is 0.212. The number of benzene rings is 2. The molecule has 2 aromatic carbocycles. The van der Waals surface area contributed by atoms with Crippen LogP contribution in [0.2, 0.25) is 0 Å². The van der Waals surface area contributed by atoms with E-state index in [0.717, 1.165) is 12.5 Å². The van der Waals surface area contributed by atoms with Crippen molar-refractivity contribution in [3.8, 4) is 11.5 Å². The summed E-state index contributed by atoms with van der Waals surface area (Å²) in [4.78, 5) is 9.47. The molecule has 0 bridgehead atoms. The van der Waals surface area contributed by atoms with Crippen LogP contribution in [-0.4, -0.2) is 36.0 Å². The van der Waals surface area contributed by atoms with Crippen molar-refractivity contribution in [1.29, 1.82) is 0 Å². The summed E-state index contributed by atoms with van der Waals surface area (Å²) in [5.74, 6) is 0.453. The van der Waals surface area contributed by atoms with Gasteiger partial charge < -0.3 is 13.7 Å². The van der Waals surface area contributed by atoms with Crippen LogP contribution < -0.4 is 8.92 Å². The standard InChI is InChI=1S/C16H16O7S2/c1-24(18,19)15-5-2-3-6-16(15)25(20,21)23-14-9-7-13(8-10-14)22-12-4-11-17/h2-3,5-11H,4,12H2,1H3. The van der Waals surface area contributed by atoms with E-state index in [4.69, 9.17) is 8.92 Å².